The lowest BCUT2D eigenvalue weighted by Gasteiger charge is -2.26. The molecule has 0 amide bonds. The largest absolute Gasteiger partial charge is 0.545 e. The van der Waals surface area contributed by atoms with Crippen LogP contribution >= 0.6 is 0 Å². The number of hydrogen-bond acceptors (Lipinski definition) is 8. The predicted molar refractivity (Wildman–Crippen MR) is 223 cm³/mol. The van der Waals surface area contributed by atoms with Crippen molar-refractivity contribution in [3.05, 3.63) is 109 Å². The summed E-state index contributed by atoms with van der Waals surface area (Å²) in [7, 11) is 5.85. The minimum Gasteiger partial charge on any atom is -0.545 e. The van der Waals surface area contributed by atoms with E-state index >= 15 is 0 Å². The van der Waals surface area contributed by atoms with E-state index in [1.807, 2.05) is 39.4 Å². The fourth-order valence-electron chi connectivity index (χ4n) is 4.46. The van der Waals surface area contributed by atoms with Crippen LogP contribution in [0.5, 0.6) is 0 Å². The first kappa shape index (κ1) is 51.0. The number of rotatable bonds is 34. The van der Waals surface area contributed by atoms with Crippen LogP contribution in [0.15, 0.2) is 109 Å². The third kappa shape index (κ3) is 38.0. The number of carboxylic acid groups (broad SMARTS) is 1. The number of quaternary nitrogens is 1. The molecule has 0 bridgehead atoms. The van der Waals surface area contributed by atoms with Crippen LogP contribution in [0.3, 0.4) is 0 Å². The van der Waals surface area contributed by atoms with Crippen LogP contribution in [0.1, 0.15) is 104 Å². The number of carbonyl (C=O) groups excluding carboxylic acids is 3. The van der Waals surface area contributed by atoms with Gasteiger partial charge in [-0.15, -0.1) is 0 Å². The lowest BCUT2D eigenvalue weighted by Crippen LogP contribution is -2.44. The first-order chi connectivity index (χ1) is 26.6. The number of carbonyl (C=O) groups is 3. The van der Waals surface area contributed by atoms with Gasteiger partial charge in [0, 0.05) is 12.8 Å². The number of unbranched alkanes of at least 4 members (excludes halogenated alkanes) is 1. The fraction of sp³-hybridized carbons (Fsp3) is 0.543. The fourth-order valence-corrected chi connectivity index (χ4v) is 4.46. The van der Waals surface area contributed by atoms with Crippen molar-refractivity contribution in [3.8, 4) is 0 Å². The number of hydrogen-bond donors (Lipinski definition) is 0. The highest BCUT2D eigenvalue weighted by molar-refractivity contribution is 5.70. The lowest BCUT2D eigenvalue weighted by molar-refractivity contribution is -0.870. The van der Waals surface area contributed by atoms with E-state index in [-0.39, 0.29) is 32.7 Å². The molecule has 0 aromatic carbocycles. The number of nitrogens with zero attached hydrogens (tertiary/aromatic N) is 1. The van der Waals surface area contributed by atoms with E-state index in [9.17, 15) is 19.5 Å². The monoisotopic (exact) mass is 766 g/mol. The molecule has 0 aliphatic carbocycles. The molecule has 0 heterocycles. The molecular formula is C46H71NO8. The molecule has 0 aliphatic rings. The van der Waals surface area contributed by atoms with Gasteiger partial charge < -0.3 is 33.3 Å². The van der Waals surface area contributed by atoms with Gasteiger partial charge in [-0.2, -0.15) is 0 Å². The highest BCUT2D eigenvalue weighted by Gasteiger charge is 2.21. The van der Waals surface area contributed by atoms with Crippen molar-refractivity contribution in [1.82, 2.24) is 0 Å². The SMILES string of the molecule is CC/C=C\C/C=C\C/C=C\C/C=C\C/C=C\CCCC(=O)OC(COC(=O)CC/C=C\C/C=C\C/C=C\C/C=C\CC)COC(OCC[N+](C)(C)C)C(=O)[O-]. The van der Waals surface area contributed by atoms with Gasteiger partial charge in [0.2, 0.25) is 0 Å². The van der Waals surface area contributed by atoms with E-state index in [1.54, 1.807) is 0 Å². The Balaban J connectivity index is 4.74. The quantitative estimate of drug-likeness (QED) is 0.0210. The molecule has 55 heavy (non-hydrogen) atoms. The summed E-state index contributed by atoms with van der Waals surface area (Å²) in [5.41, 5.74) is 0. The van der Waals surface area contributed by atoms with Crippen molar-refractivity contribution in [3.63, 3.8) is 0 Å². The zero-order valence-electron chi connectivity index (χ0n) is 34.5. The number of aliphatic carboxylic acids is 1. The highest BCUT2D eigenvalue weighted by Crippen LogP contribution is 2.08. The molecule has 0 aromatic heterocycles. The van der Waals surface area contributed by atoms with Crippen molar-refractivity contribution in [1.29, 1.82) is 0 Å². The molecule has 0 saturated heterocycles. The minimum absolute atomic E-state index is 0.120. The molecule has 0 fully saturated rings. The molecule has 9 heteroatoms. The summed E-state index contributed by atoms with van der Waals surface area (Å²) in [6.07, 6.45) is 45.8. The second-order valence-corrected chi connectivity index (χ2v) is 13.8. The van der Waals surface area contributed by atoms with Crippen LogP contribution in [-0.2, 0) is 33.3 Å². The van der Waals surface area contributed by atoms with Crippen LogP contribution in [0.25, 0.3) is 0 Å². The van der Waals surface area contributed by atoms with E-state index in [4.69, 9.17) is 18.9 Å². The van der Waals surface area contributed by atoms with E-state index in [0.717, 1.165) is 57.8 Å². The molecule has 0 aromatic rings. The molecule has 0 saturated carbocycles. The third-order valence-electron chi connectivity index (χ3n) is 7.53. The summed E-state index contributed by atoms with van der Waals surface area (Å²) < 4.78 is 22.3. The first-order valence-corrected chi connectivity index (χ1v) is 20.0. The van der Waals surface area contributed by atoms with E-state index in [0.29, 0.717) is 30.3 Å². The second kappa shape index (κ2) is 36.9. The Morgan fingerprint density at radius 2 is 0.982 bits per heavy atom. The average molecular weight is 766 g/mol. The molecule has 0 aliphatic heterocycles. The van der Waals surface area contributed by atoms with Gasteiger partial charge in [0.25, 0.3) is 0 Å². The lowest BCUT2D eigenvalue weighted by atomic mass is 10.2. The molecule has 0 N–H and O–H groups in total. The zero-order valence-corrected chi connectivity index (χ0v) is 34.5. The molecule has 9 nitrogen and oxygen atoms in total. The van der Waals surface area contributed by atoms with Crippen molar-refractivity contribution < 1.29 is 42.9 Å². The summed E-state index contributed by atoms with van der Waals surface area (Å²) >= 11 is 0. The molecular weight excluding hydrogens is 695 g/mol. The van der Waals surface area contributed by atoms with Gasteiger partial charge in [-0.3, -0.25) is 9.59 Å². The number of allylic oxidation sites excluding steroid dienone is 18. The number of likely N-dealkylation sites (N-methyl/N-ethyl adjacent to an activating group) is 1. The Labute approximate surface area is 333 Å². The topological polar surface area (TPSA) is 111 Å². The van der Waals surface area contributed by atoms with Crippen molar-refractivity contribution in [2.24, 2.45) is 0 Å². The molecule has 2 atom stereocenters. The van der Waals surface area contributed by atoms with Gasteiger partial charge in [0.1, 0.15) is 13.2 Å². The molecule has 0 rings (SSSR count). The Hall–Kier alpha value is -4.05. The molecule has 0 radical (unpaired) electrons. The zero-order chi connectivity index (χ0) is 40.7. The Morgan fingerprint density at radius 3 is 1.42 bits per heavy atom. The van der Waals surface area contributed by atoms with Gasteiger partial charge in [-0.1, -0.05) is 123 Å². The van der Waals surface area contributed by atoms with Crippen LogP contribution in [-0.4, -0.2) is 82.3 Å². The second-order valence-electron chi connectivity index (χ2n) is 13.8. The van der Waals surface area contributed by atoms with Gasteiger partial charge in [-0.25, -0.2) is 0 Å². The van der Waals surface area contributed by atoms with E-state index in [1.165, 1.54) is 0 Å². The standard InChI is InChI=1S/C46H71NO8/c1-6-8-10-12-14-16-18-20-21-22-23-25-27-29-31-33-35-37-44(49)55-42(41-54-46(45(50)51)52-39-38-47(3,4)5)40-53-43(48)36-34-32-30-28-26-24-19-17-15-13-11-9-7-2/h8-11,14-17,20-21,23-26,29-32,42,46H,6-7,12-13,18-19,22,27-28,33-41H2,1-5H3/b10-8-,11-9-,16-14-,17-15-,21-20-,25-23-,26-24-,31-29-,32-30-. The van der Waals surface area contributed by atoms with E-state index < -0.39 is 30.3 Å². The maximum atomic E-state index is 12.7. The highest BCUT2D eigenvalue weighted by atomic mass is 16.7. The van der Waals surface area contributed by atoms with Gasteiger partial charge >= 0.3 is 11.9 Å². The number of ether oxygens (including phenoxy) is 4. The van der Waals surface area contributed by atoms with E-state index in [2.05, 4.69) is 105 Å². The third-order valence-corrected chi connectivity index (χ3v) is 7.53. The van der Waals surface area contributed by atoms with Crippen molar-refractivity contribution in [2.75, 3.05) is 47.5 Å². The summed E-state index contributed by atoms with van der Waals surface area (Å²) in [6.45, 7) is 4.30. The summed E-state index contributed by atoms with van der Waals surface area (Å²) in [5, 5.41) is 11.7. The van der Waals surface area contributed by atoms with Crippen molar-refractivity contribution in [2.45, 2.75) is 116 Å². The Kier molecular flexibility index (Phi) is 34.2. The van der Waals surface area contributed by atoms with Crippen LogP contribution in [0.2, 0.25) is 0 Å². The smallest absolute Gasteiger partial charge is 0.306 e. The summed E-state index contributed by atoms with van der Waals surface area (Å²) in [5.74, 6) is -2.50. The molecule has 308 valence electrons. The van der Waals surface area contributed by atoms with Crippen LogP contribution in [0, 0.1) is 0 Å². The van der Waals surface area contributed by atoms with Gasteiger partial charge in [-0.05, 0) is 77.0 Å². The van der Waals surface area contributed by atoms with Crippen molar-refractivity contribution >= 4 is 17.9 Å². The predicted octanol–water partition coefficient (Wildman–Crippen LogP) is 8.76. The number of carboxylic acids is 1. The minimum atomic E-state index is -1.66. The summed E-state index contributed by atoms with van der Waals surface area (Å²) in [6, 6.07) is 0. The number of esters is 2. The van der Waals surface area contributed by atoms with Gasteiger partial charge in [0.15, 0.2) is 12.4 Å². The average Bonchev–Trinajstić information content (AvgIpc) is 3.14. The Bertz CT molecular complexity index is 1260. The maximum Gasteiger partial charge on any atom is 0.306 e. The van der Waals surface area contributed by atoms with Crippen LogP contribution in [0.4, 0.5) is 0 Å². The summed E-state index contributed by atoms with van der Waals surface area (Å²) in [4.78, 5) is 36.8. The Morgan fingerprint density at radius 1 is 0.545 bits per heavy atom. The normalized spacial score (nSPS) is 14.1. The maximum absolute atomic E-state index is 12.7. The van der Waals surface area contributed by atoms with Crippen LogP contribution < -0.4 is 5.11 Å². The molecule has 0 spiro atoms. The first-order valence-electron chi connectivity index (χ1n) is 20.0. The molecule has 2 unspecified atom stereocenters. The van der Waals surface area contributed by atoms with Gasteiger partial charge in [0.05, 0.1) is 40.3 Å².